The minimum absolute atomic E-state index is 0.303. The highest BCUT2D eigenvalue weighted by Crippen LogP contribution is 2.35. The van der Waals surface area contributed by atoms with Gasteiger partial charge in [-0.3, -0.25) is 0 Å². The second-order valence-corrected chi connectivity index (χ2v) is 14.5. The summed E-state index contributed by atoms with van der Waals surface area (Å²) in [5.74, 6) is 0.406. The van der Waals surface area contributed by atoms with Gasteiger partial charge in [0.1, 0.15) is 0 Å². The minimum Gasteiger partial charge on any atom is -0.328 e. The molecule has 0 spiro atoms. The maximum atomic E-state index is 6.25. The first-order chi connectivity index (χ1) is 20.3. The third kappa shape index (κ3) is 19.3. The Labute approximate surface area is 264 Å². The molecule has 0 saturated carbocycles. The monoisotopic (exact) mass is 596 g/mol. The smallest absolute Gasteiger partial charge is 0.285 e. The Morgan fingerprint density at radius 3 is 1.60 bits per heavy atom. The molecule has 1 aliphatic rings. The summed E-state index contributed by atoms with van der Waals surface area (Å²) in [6.07, 6.45) is 28.4. The molecule has 1 fully saturated rings. The fourth-order valence-electron chi connectivity index (χ4n) is 6.95. The van der Waals surface area contributed by atoms with Crippen molar-refractivity contribution < 1.29 is 14.2 Å². The van der Waals surface area contributed by atoms with E-state index in [1.54, 1.807) is 0 Å². The maximum Gasteiger partial charge on any atom is 0.285 e. The first-order valence-electron chi connectivity index (χ1n) is 18.9. The van der Waals surface area contributed by atoms with Gasteiger partial charge in [0.05, 0.1) is 0 Å². The normalized spacial score (nSPS) is 16.4. The van der Waals surface area contributed by atoms with Crippen LogP contribution < -0.4 is 0 Å². The highest BCUT2D eigenvalue weighted by Gasteiger charge is 2.41. The summed E-state index contributed by atoms with van der Waals surface area (Å²) in [6.45, 7) is 21.3. The Bertz CT molecular complexity index is 564. The Morgan fingerprint density at radius 1 is 0.595 bits per heavy atom. The van der Waals surface area contributed by atoms with Crippen LogP contribution >= 0.6 is 0 Å². The van der Waals surface area contributed by atoms with Crippen molar-refractivity contribution in [1.29, 1.82) is 0 Å². The first kappa shape index (κ1) is 39.9. The number of rotatable bonds is 28. The fourth-order valence-corrected chi connectivity index (χ4v) is 6.95. The lowest BCUT2D eigenvalue weighted by Gasteiger charge is -2.39. The minimum atomic E-state index is -0.869. The van der Waals surface area contributed by atoms with Gasteiger partial charge in [-0.05, 0) is 90.3 Å². The molecule has 1 aliphatic heterocycles. The van der Waals surface area contributed by atoms with E-state index in [2.05, 4.69) is 53.4 Å². The van der Waals surface area contributed by atoms with E-state index in [0.29, 0.717) is 31.2 Å². The van der Waals surface area contributed by atoms with Gasteiger partial charge in [-0.2, -0.15) is 0 Å². The van der Waals surface area contributed by atoms with Gasteiger partial charge in [-0.15, -0.1) is 0 Å². The molecule has 0 N–H and O–H groups in total. The van der Waals surface area contributed by atoms with Crippen LogP contribution in [0.5, 0.6) is 0 Å². The Kier molecular flexibility index (Phi) is 23.8. The molecule has 0 aromatic rings. The molecule has 0 aromatic carbocycles. The Balaban J connectivity index is 2.30. The van der Waals surface area contributed by atoms with Crippen LogP contribution in [-0.2, 0) is 14.2 Å². The van der Waals surface area contributed by atoms with E-state index in [0.717, 1.165) is 18.8 Å². The summed E-state index contributed by atoms with van der Waals surface area (Å²) in [4.78, 5) is 2.73. The Hall–Kier alpha value is -0.160. The quantitative estimate of drug-likeness (QED) is 0.0665. The molecule has 0 amide bonds. The van der Waals surface area contributed by atoms with Crippen molar-refractivity contribution in [3.05, 3.63) is 0 Å². The van der Waals surface area contributed by atoms with E-state index in [1.807, 2.05) is 0 Å². The topological polar surface area (TPSA) is 30.9 Å². The number of hydrogen-bond donors (Lipinski definition) is 0. The molecule has 42 heavy (non-hydrogen) atoms. The molecule has 1 saturated heterocycles. The number of piperidine rings is 1. The molecule has 0 aliphatic carbocycles. The summed E-state index contributed by atoms with van der Waals surface area (Å²) >= 11 is 0. The van der Waals surface area contributed by atoms with Crippen molar-refractivity contribution in [3.8, 4) is 0 Å². The van der Waals surface area contributed by atoms with Gasteiger partial charge < -0.3 is 19.1 Å². The van der Waals surface area contributed by atoms with Crippen LogP contribution in [0.15, 0.2) is 0 Å². The highest BCUT2D eigenvalue weighted by molar-refractivity contribution is 4.75. The average molecular weight is 596 g/mol. The van der Waals surface area contributed by atoms with Crippen LogP contribution in [0.2, 0.25) is 0 Å². The molecule has 0 aromatic heterocycles. The van der Waals surface area contributed by atoms with Crippen LogP contribution in [0.25, 0.3) is 0 Å². The van der Waals surface area contributed by atoms with Crippen molar-refractivity contribution in [3.63, 3.8) is 0 Å². The molecule has 1 heterocycles. The molecular weight excluding hydrogens is 518 g/mol. The third-order valence-electron chi connectivity index (χ3n) is 9.47. The van der Waals surface area contributed by atoms with Crippen molar-refractivity contribution in [2.75, 3.05) is 39.5 Å². The van der Waals surface area contributed by atoms with Crippen LogP contribution in [-0.4, -0.2) is 50.3 Å². The second kappa shape index (κ2) is 25.1. The number of hydrogen-bond acceptors (Lipinski definition) is 4. The molecule has 1 rings (SSSR count). The molecule has 4 heteroatoms. The van der Waals surface area contributed by atoms with Crippen LogP contribution in [0.3, 0.4) is 0 Å². The van der Waals surface area contributed by atoms with Crippen LogP contribution in [0, 0.1) is 17.3 Å². The van der Waals surface area contributed by atoms with Gasteiger partial charge >= 0.3 is 0 Å². The van der Waals surface area contributed by atoms with Gasteiger partial charge in [0.25, 0.3) is 5.97 Å². The highest BCUT2D eigenvalue weighted by atomic mass is 16.9. The lowest BCUT2D eigenvalue weighted by Crippen LogP contribution is -2.47. The summed E-state index contributed by atoms with van der Waals surface area (Å²) in [5, 5.41) is 0. The zero-order valence-electron chi connectivity index (χ0n) is 29.9. The predicted molar refractivity (Wildman–Crippen MR) is 183 cm³/mol. The number of nitrogens with zero attached hydrogens (tertiary/aromatic N) is 1. The van der Waals surface area contributed by atoms with Gasteiger partial charge in [0.15, 0.2) is 0 Å². The standard InChI is InChI=1S/C38H77NO3/c1-8-12-13-14-19-22-27-36(38(40-9-2,41-10-3)42-11-4)28-23-25-32-39-33-29-35(30-34-39)26-21-18-16-15-17-20-24-31-37(5,6)7/h35-36H,8-34H2,1-7H3. The van der Waals surface area contributed by atoms with Gasteiger partial charge in [0.2, 0.25) is 0 Å². The summed E-state index contributed by atoms with van der Waals surface area (Å²) < 4.78 is 18.8. The number of unbranched alkanes of at least 4 members (excludes halogenated alkanes) is 12. The number of ether oxygens (including phenoxy) is 3. The molecule has 4 nitrogen and oxygen atoms in total. The molecular formula is C38H77NO3. The van der Waals surface area contributed by atoms with Gasteiger partial charge in [-0.1, -0.05) is 124 Å². The summed E-state index contributed by atoms with van der Waals surface area (Å²) in [5.41, 5.74) is 0.510. The molecule has 1 unspecified atom stereocenters. The molecule has 252 valence electrons. The van der Waals surface area contributed by atoms with Crippen molar-refractivity contribution in [2.24, 2.45) is 17.3 Å². The van der Waals surface area contributed by atoms with Crippen molar-refractivity contribution in [2.45, 2.75) is 189 Å². The average Bonchev–Trinajstić information content (AvgIpc) is 2.95. The lowest BCUT2D eigenvalue weighted by molar-refractivity contribution is -0.403. The predicted octanol–water partition coefficient (Wildman–Crippen LogP) is 11.6. The molecule has 1 atom stereocenters. The van der Waals surface area contributed by atoms with Gasteiger partial charge in [-0.25, -0.2) is 0 Å². The van der Waals surface area contributed by atoms with Crippen molar-refractivity contribution >= 4 is 0 Å². The fraction of sp³-hybridized carbons (Fsp3) is 1.00. The van der Waals surface area contributed by atoms with Gasteiger partial charge in [0, 0.05) is 25.7 Å². The lowest BCUT2D eigenvalue weighted by atomic mass is 9.89. The van der Waals surface area contributed by atoms with Crippen LogP contribution in [0.1, 0.15) is 183 Å². The van der Waals surface area contributed by atoms with Crippen molar-refractivity contribution in [1.82, 2.24) is 4.90 Å². The van der Waals surface area contributed by atoms with E-state index in [1.165, 1.54) is 142 Å². The molecule has 0 bridgehead atoms. The maximum absolute atomic E-state index is 6.25. The summed E-state index contributed by atoms with van der Waals surface area (Å²) in [7, 11) is 0. The number of likely N-dealkylation sites (tertiary alicyclic amines) is 1. The zero-order chi connectivity index (χ0) is 30.9. The van der Waals surface area contributed by atoms with Crippen LogP contribution in [0.4, 0.5) is 0 Å². The van der Waals surface area contributed by atoms with E-state index in [-0.39, 0.29) is 0 Å². The first-order valence-corrected chi connectivity index (χ1v) is 18.9. The summed E-state index contributed by atoms with van der Waals surface area (Å²) in [6, 6.07) is 0. The largest absolute Gasteiger partial charge is 0.328 e. The SMILES string of the molecule is CCCCCCCCC(CCCCN1CCC(CCCCCCCCCC(C)(C)C)CC1)C(OCC)(OCC)OCC. The third-order valence-corrected chi connectivity index (χ3v) is 9.47. The zero-order valence-corrected chi connectivity index (χ0v) is 29.9. The van der Waals surface area contributed by atoms with E-state index >= 15 is 0 Å². The second-order valence-electron chi connectivity index (χ2n) is 14.5. The molecule has 0 radical (unpaired) electrons. The van der Waals surface area contributed by atoms with E-state index in [4.69, 9.17) is 14.2 Å². The van der Waals surface area contributed by atoms with E-state index in [9.17, 15) is 0 Å². The van der Waals surface area contributed by atoms with E-state index < -0.39 is 5.97 Å². The Morgan fingerprint density at radius 2 is 1.07 bits per heavy atom.